The number of anilines is 1. The van der Waals surface area contributed by atoms with Crippen LogP contribution in [0.2, 0.25) is 5.02 Å². The van der Waals surface area contributed by atoms with E-state index in [0.29, 0.717) is 48.2 Å². The van der Waals surface area contributed by atoms with E-state index in [1.807, 2.05) is 48.2 Å². The summed E-state index contributed by atoms with van der Waals surface area (Å²) in [5.41, 5.74) is 0.486. The third kappa shape index (κ3) is 5.07. The number of hydrogen-bond donors (Lipinski definition) is 0. The molecular weight excluding hydrogens is 644 g/mol. The maximum absolute atomic E-state index is 15.3. The number of ether oxygens (including phenoxy) is 3. The average molecular weight is 677 g/mol. The number of nitrogens with zero attached hydrogens (tertiary/aromatic N) is 4. The van der Waals surface area contributed by atoms with Crippen LogP contribution in [0, 0.1) is 0 Å². The van der Waals surface area contributed by atoms with E-state index < -0.39 is 33.8 Å². The molecule has 47 heavy (non-hydrogen) atoms. The highest BCUT2D eigenvalue weighted by atomic mass is 35.5. The molecule has 0 spiro atoms. The van der Waals surface area contributed by atoms with Gasteiger partial charge in [-0.25, -0.2) is 17.7 Å². The summed E-state index contributed by atoms with van der Waals surface area (Å²) in [5.74, 6) is 0.274. The van der Waals surface area contributed by atoms with E-state index in [9.17, 15) is 8.42 Å². The van der Waals surface area contributed by atoms with Crippen molar-refractivity contribution >= 4 is 33.2 Å². The number of halogens is 1. The normalized spacial score (nSPS) is 22.7. The topological polar surface area (TPSA) is 115 Å². The number of carbonyl (C=O) groups is 1. The van der Waals surface area contributed by atoms with Crippen molar-refractivity contribution in [3.63, 3.8) is 0 Å². The second-order valence-corrected chi connectivity index (χ2v) is 14.1. The number of hydrogen-bond acceptors (Lipinski definition) is 10. The molecule has 3 aliphatic rings. The molecule has 3 aliphatic heterocycles. The van der Waals surface area contributed by atoms with Gasteiger partial charge in [0.1, 0.15) is 18.3 Å². The maximum Gasteiger partial charge on any atom is 0.274 e. The molecule has 0 bridgehead atoms. The number of aromatic nitrogens is 1. The molecule has 4 heterocycles. The highest BCUT2D eigenvalue weighted by Crippen LogP contribution is 2.57. The number of rotatable bonds is 9. The number of likely N-dealkylation sites (tertiary alicyclic amines) is 1. The second-order valence-electron chi connectivity index (χ2n) is 11.8. The summed E-state index contributed by atoms with van der Waals surface area (Å²) in [5, 5.41) is 0.323. The molecule has 244 valence electrons. The molecule has 0 saturated carbocycles. The zero-order valence-corrected chi connectivity index (χ0v) is 27.6. The van der Waals surface area contributed by atoms with Crippen LogP contribution in [0.3, 0.4) is 0 Å². The predicted octanol–water partition coefficient (Wildman–Crippen LogP) is 5.75. The number of oxazole rings is 1. The lowest BCUT2D eigenvalue weighted by Gasteiger charge is -2.40. The fourth-order valence-electron chi connectivity index (χ4n) is 6.77. The van der Waals surface area contributed by atoms with Gasteiger partial charge in [-0.05, 0) is 75.0 Å². The molecule has 7 rings (SSSR count). The van der Waals surface area contributed by atoms with Crippen molar-refractivity contribution < 1.29 is 31.8 Å². The Balaban J connectivity index is 1.40. The molecule has 11 nitrogen and oxygen atoms in total. The van der Waals surface area contributed by atoms with E-state index >= 15 is 4.79 Å². The molecule has 13 heteroatoms. The summed E-state index contributed by atoms with van der Waals surface area (Å²) >= 11 is 6.62. The van der Waals surface area contributed by atoms with Gasteiger partial charge in [-0.3, -0.25) is 9.69 Å². The van der Waals surface area contributed by atoms with E-state index in [-0.39, 0.29) is 16.3 Å². The van der Waals surface area contributed by atoms with Crippen LogP contribution in [-0.4, -0.2) is 56.9 Å². The number of fused-ring (bicyclic) bond motifs is 1. The van der Waals surface area contributed by atoms with Gasteiger partial charge in [-0.15, -0.1) is 0 Å². The second kappa shape index (κ2) is 12.0. The molecular formula is C34H33ClN4O7S. The van der Waals surface area contributed by atoms with Crippen LogP contribution < -0.4 is 9.04 Å². The average Bonchev–Trinajstić information content (AvgIpc) is 3.87. The van der Waals surface area contributed by atoms with Gasteiger partial charge in [0.05, 0.1) is 29.9 Å². The van der Waals surface area contributed by atoms with E-state index in [2.05, 4.69) is 4.98 Å². The first kappa shape index (κ1) is 31.3. The minimum Gasteiger partial charge on any atom is -0.497 e. The van der Waals surface area contributed by atoms with Crippen LogP contribution >= 0.6 is 11.6 Å². The monoisotopic (exact) mass is 676 g/mol. The Morgan fingerprint density at radius 1 is 1.11 bits per heavy atom. The molecule has 1 amide bonds. The fourth-order valence-corrected chi connectivity index (χ4v) is 8.40. The Kier molecular flexibility index (Phi) is 7.99. The largest absolute Gasteiger partial charge is 0.497 e. The van der Waals surface area contributed by atoms with Crippen molar-refractivity contribution in [3.8, 4) is 5.75 Å². The van der Waals surface area contributed by atoms with Crippen molar-refractivity contribution in [1.82, 2.24) is 14.8 Å². The van der Waals surface area contributed by atoms with E-state index in [1.165, 1.54) is 43.9 Å². The van der Waals surface area contributed by atoms with Crippen molar-refractivity contribution in [2.24, 2.45) is 0 Å². The summed E-state index contributed by atoms with van der Waals surface area (Å²) in [6.07, 6.45) is 4.86. The molecule has 0 radical (unpaired) electrons. The highest BCUT2D eigenvalue weighted by Gasteiger charge is 2.65. The minimum atomic E-state index is -4.44. The first-order chi connectivity index (χ1) is 22.7. The lowest BCUT2D eigenvalue weighted by atomic mass is 9.86. The number of methoxy groups -OCH3 is 1. The summed E-state index contributed by atoms with van der Waals surface area (Å²) in [7, 11) is 0.996. The van der Waals surface area contributed by atoms with Crippen LogP contribution in [0.1, 0.15) is 47.8 Å². The van der Waals surface area contributed by atoms with Crippen molar-refractivity contribution in [1.29, 1.82) is 0 Å². The zero-order valence-electron chi connectivity index (χ0n) is 26.0. The zero-order chi connectivity index (χ0) is 32.9. The van der Waals surface area contributed by atoms with Crippen LogP contribution in [0.15, 0.2) is 101 Å². The van der Waals surface area contributed by atoms with Crippen LogP contribution in [0.4, 0.5) is 5.69 Å². The molecule has 1 fully saturated rings. The Bertz CT molecular complexity index is 1950. The van der Waals surface area contributed by atoms with Gasteiger partial charge in [-0.1, -0.05) is 35.9 Å². The van der Waals surface area contributed by atoms with Gasteiger partial charge in [0.2, 0.25) is 5.89 Å². The Morgan fingerprint density at radius 3 is 2.62 bits per heavy atom. The fraction of sp³-hybridized carbons (Fsp3) is 0.294. The number of carbonyl (C=O) groups excluding carboxylic acids is 1. The molecule has 1 aromatic heterocycles. The maximum atomic E-state index is 15.3. The predicted molar refractivity (Wildman–Crippen MR) is 173 cm³/mol. The van der Waals surface area contributed by atoms with Gasteiger partial charge in [0.25, 0.3) is 22.2 Å². The quantitative estimate of drug-likeness (QED) is 0.217. The van der Waals surface area contributed by atoms with E-state index in [0.717, 1.165) is 15.4 Å². The van der Waals surface area contributed by atoms with Crippen molar-refractivity contribution in [2.45, 2.75) is 42.2 Å². The van der Waals surface area contributed by atoms with E-state index in [4.69, 9.17) is 30.2 Å². The molecule has 0 N–H and O–H groups in total. The van der Waals surface area contributed by atoms with E-state index in [1.54, 1.807) is 24.4 Å². The number of amides is 1. The van der Waals surface area contributed by atoms with Crippen LogP contribution in [-0.2, 0) is 36.4 Å². The highest BCUT2D eigenvalue weighted by molar-refractivity contribution is 7.93. The third-order valence-electron chi connectivity index (χ3n) is 8.76. The van der Waals surface area contributed by atoms with Gasteiger partial charge in [0, 0.05) is 29.2 Å². The summed E-state index contributed by atoms with van der Waals surface area (Å²) < 4.78 is 53.5. The van der Waals surface area contributed by atoms with Gasteiger partial charge in [-0.2, -0.15) is 0 Å². The van der Waals surface area contributed by atoms with Crippen molar-refractivity contribution in [3.05, 3.63) is 119 Å². The summed E-state index contributed by atoms with van der Waals surface area (Å²) in [6, 6.07) is 17.9. The Hall–Kier alpha value is -4.36. The molecule has 3 atom stereocenters. The standard InChI is InChI=1S/C34H33ClN4O7S/c1-37(2)20-22-7-4-5-8-26(22)32-45-21-30(46-32)34(38-17-6-9-29(38)31-36-16-18-44-31)27-19-23(35)10-15-28(27)39(33(34)40)47(41,42)25-13-11-24(43-3)12-14-25/h4-5,7-8,10-16,18-19,21,29,32H,6,9,17,20H2,1-3H3/t29-,32?,34?/m0/s1. The molecule has 3 aromatic carbocycles. The summed E-state index contributed by atoms with van der Waals surface area (Å²) in [6.45, 7) is 1.03. The number of benzene rings is 3. The molecule has 1 saturated heterocycles. The summed E-state index contributed by atoms with van der Waals surface area (Å²) in [4.78, 5) is 23.6. The van der Waals surface area contributed by atoms with Crippen molar-refractivity contribution in [2.75, 3.05) is 32.1 Å². The van der Waals surface area contributed by atoms with Gasteiger partial charge < -0.3 is 23.5 Å². The Labute approximate surface area is 277 Å². The third-order valence-corrected chi connectivity index (χ3v) is 10.7. The molecule has 4 aromatic rings. The van der Waals surface area contributed by atoms with Gasteiger partial charge in [0.15, 0.2) is 11.3 Å². The SMILES string of the molecule is COc1ccc(S(=O)(=O)N2C(=O)C(C3=COC(c4ccccc4CN(C)C)O3)(N3CCC[C@H]3c3ncco3)c3cc(Cl)ccc32)cc1. The minimum absolute atomic E-state index is 0.0814. The smallest absolute Gasteiger partial charge is 0.274 e. The first-order valence-corrected chi connectivity index (χ1v) is 16.9. The molecule has 0 aliphatic carbocycles. The van der Waals surface area contributed by atoms with Gasteiger partial charge >= 0.3 is 0 Å². The lowest BCUT2D eigenvalue weighted by molar-refractivity contribution is -0.132. The number of sulfonamides is 1. The lowest BCUT2D eigenvalue weighted by Crippen LogP contribution is -2.55. The van der Waals surface area contributed by atoms with Crippen LogP contribution in [0.25, 0.3) is 0 Å². The first-order valence-electron chi connectivity index (χ1n) is 15.1. The van der Waals surface area contributed by atoms with Crippen LogP contribution in [0.5, 0.6) is 5.75 Å². The Morgan fingerprint density at radius 2 is 1.89 bits per heavy atom. The molecule has 2 unspecified atom stereocenters.